The maximum absolute atomic E-state index is 12.8. The second-order valence-electron chi connectivity index (χ2n) is 7.77. The Kier molecular flexibility index (Phi) is 5.44. The molecular weight excluding hydrogens is 372 g/mol. The molecule has 0 spiro atoms. The molecule has 0 radical (unpaired) electrons. The Labute approximate surface area is 177 Å². The summed E-state index contributed by atoms with van der Waals surface area (Å²) in [5.41, 5.74) is 7.70. The molecule has 0 atom stereocenters. The lowest BCUT2D eigenvalue weighted by Gasteiger charge is -2.09. The summed E-state index contributed by atoms with van der Waals surface area (Å²) in [5, 5.41) is 8.52. The fourth-order valence-corrected chi connectivity index (χ4v) is 4.02. The number of carbonyl (C=O) groups is 1. The number of rotatable bonds is 6. The second-order valence-corrected chi connectivity index (χ2v) is 7.77. The number of nitrogens with one attached hydrogen (secondary N) is 1. The Balaban J connectivity index is 1.57. The van der Waals surface area contributed by atoms with Crippen molar-refractivity contribution < 1.29 is 4.79 Å². The van der Waals surface area contributed by atoms with Crippen LogP contribution in [0.15, 0.2) is 54.7 Å². The van der Waals surface area contributed by atoms with E-state index in [1.807, 2.05) is 36.0 Å². The molecule has 2 heterocycles. The third-order valence-corrected chi connectivity index (χ3v) is 6.03. The Morgan fingerprint density at radius 3 is 2.50 bits per heavy atom. The van der Waals surface area contributed by atoms with Crippen LogP contribution in [0.3, 0.4) is 0 Å². The zero-order chi connectivity index (χ0) is 21.3. The average molecular weight is 401 g/mol. The Bertz CT molecular complexity index is 1200. The number of carbonyl (C=O) groups excluding carboxylic acids is 1. The van der Waals surface area contributed by atoms with Crippen LogP contribution >= 0.6 is 0 Å². The van der Waals surface area contributed by atoms with Crippen LogP contribution in [-0.2, 0) is 19.6 Å². The molecule has 154 valence electrons. The Morgan fingerprint density at radius 2 is 1.80 bits per heavy atom. The molecule has 5 nitrogen and oxygen atoms in total. The fourth-order valence-electron chi connectivity index (χ4n) is 4.02. The van der Waals surface area contributed by atoms with E-state index in [2.05, 4.69) is 66.1 Å². The van der Waals surface area contributed by atoms with Crippen LogP contribution in [0.25, 0.3) is 10.9 Å². The standard InChI is InChI=1S/C25H28N4O/c1-5-29-19(4)22(15-27-29)14-26-25(30)21-11-12-24-23(13-21)17(2)18(3)28(24)16-20-9-7-6-8-10-20/h6-13,15H,5,14,16H2,1-4H3,(H,26,30). The maximum atomic E-state index is 12.8. The van der Waals surface area contributed by atoms with E-state index in [0.29, 0.717) is 12.1 Å². The number of aryl methyl sites for hydroxylation is 2. The van der Waals surface area contributed by atoms with Crippen LogP contribution in [0.1, 0.15) is 45.4 Å². The lowest BCUT2D eigenvalue weighted by atomic mass is 10.1. The molecule has 2 aromatic carbocycles. The van der Waals surface area contributed by atoms with Crippen LogP contribution in [-0.4, -0.2) is 20.3 Å². The van der Waals surface area contributed by atoms with Gasteiger partial charge in [-0.15, -0.1) is 0 Å². The summed E-state index contributed by atoms with van der Waals surface area (Å²) < 4.78 is 4.26. The molecule has 0 bridgehead atoms. The van der Waals surface area contributed by atoms with E-state index in [-0.39, 0.29) is 5.91 Å². The largest absolute Gasteiger partial charge is 0.348 e. The fraction of sp³-hybridized carbons (Fsp3) is 0.280. The van der Waals surface area contributed by atoms with Crippen molar-refractivity contribution in [2.45, 2.75) is 47.3 Å². The number of amides is 1. The number of hydrogen-bond acceptors (Lipinski definition) is 2. The SMILES string of the molecule is CCn1ncc(CNC(=O)c2ccc3c(c2)c(C)c(C)n3Cc2ccccc2)c1C. The van der Waals surface area contributed by atoms with Crippen LogP contribution in [0.5, 0.6) is 0 Å². The van der Waals surface area contributed by atoms with E-state index in [1.165, 1.54) is 16.8 Å². The number of nitrogens with zero attached hydrogens (tertiary/aromatic N) is 3. The molecule has 0 aliphatic heterocycles. The van der Waals surface area contributed by atoms with Gasteiger partial charge >= 0.3 is 0 Å². The minimum absolute atomic E-state index is 0.0617. The maximum Gasteiger partial charge on any atom is 0.251 e. The molecule has 1 N–H and O–H groups in total. The van der Waals surface area contributed by atoms with E-state index in [9.17, 15) is 4.79 Å². The van der Waals surface area contributed by atoms with Gasteiger partial charge < -0.3 is 9.88 Å². The van der Waals surface area contributed by atoms with Crippen molar-refractivity contribution in [1.29, 1.82) is 0 Å². The van der Waals surface area contributed by atoms with Gasteiger partial charge in [0.25, 0.3) is 5.91 Å². The van der Waals surface area contributed by atoms with E-state index >= 15 is 0 Å². The van der Waals surface area contributed by atoms with Gasteiger partial charge in [-0.1, -0.05) is 30.3 Å². The molecule has 4 rings (SSSR count). The Morgan fingerprint density at radius 1 is 1.03 bits per heavy atom. The zero-order valence-corrected chi connectivity index (χ0v) is 18.1. The van der Waals surface area contributed by atoms with Crippen molar-refractivity contribution >= 4 is 16.8 Å². The second kappa shape index (κ2) is 8.19. The highest BCUT2D eigenvalue weighted by molar-refractivity contribution is 5.99. The summed E-state index contributed by atoms with van der Waals surface area (Å²) in [5.74, 6) is -0.0617. The van der Waals surface area contributed by atoms with Gasteiger partial charge in [0, 0.05) is 53.1 Å². The van der Waals surface area contributed by atoms with E-state index in [0.717, 1.165) is 35.2 Å². The molecule has 5 heteroatoms. The first kappa shape index (κ1) is 20.0. The number of fused-ring (bicyclic) bond motifs is 1. The van der Waals surface area contributed by atoms with E-state index < -0.39 is 0 Å². The highest BCUT2D eigenvalue weighted by Gasteiger charge is 2.15. The molecule has 0 aliphatic carbocycles. The number of hydrogen-bond donors (Lipinski definition) is 1. The van der Waals surface area contributed by atoms with Gasteiger partial charge in [-0.05, 0) is 57.0 Å². The quantitative estimate of drug-likeness (QED) is 0.507. The average Bonchev–Trinajstić information content (AvgIpc) is 3.24. The Hall–Kier alpha value is -3.34. The summed E-state index contributed by atoms with van der Waals surface area (Å²) in [6.07, 6.45) is 1.83. The normalized spacial score (nSPS) is 11.2. The van der Waals surface area contributed by atoms with Crippen molar-refractivity contribution in [2.75, 3.05) is 0 Å². The summed E-state index contributed by atoms with van der Waals surface area (Å²) in [6.45, 7) is 10.5. The predicted molar refractivity (Wildman–Crippen MR) is 121 cm³/mol. The van der Waals surface area contributed by atoms with Crippen molar-refractivity contribution in [3.05, 3.63) is 88.4 Å². The molecule has 1 amide bonds. The van der Waals surface area contributed by atoms with Crippen LogP contribution in [0.4, 0.5) is 0 Å². The highest BCUT2D eigenvalue weighted by Crippen LogP contribution is 2.27. The molecular formula is C25H28N4O. The molecule has 0 saturated carbocycles. The third-order valence-electron chi connectivity index (χ3n) is 6.03. The summed E-state index contributed by atoms with van der Waals surface area (Å²) in [4.78, 5) is 12.8. The zero-order valence-electron chi connectivity index (χ0n) is 18.1. The molecule has 30 heavy (non-hydrogen) atoms. The number of aromatic nitrogens is 3. The molecule has 2 aromatic heterocycles. The van der Waals surface area contributed by atoms with Gasteiger partial charge in [0.15, 0.2) is 0 Å². The van der Waals surface area contributed by atoms with Crippen LogP contribution < -0.4 is 5.32 Å². The van der Waals surface area contributed by atoms with Gasteiger partial charge in [0.2, 0.25) is 0 Å². The first-order valence-corrected chi connectivity index (χ1v) is 10.4. The van der Waals surface area contributed by atoms with Gasteiger partial charge in [-0.25, -0.2) is 0 Å². The minimum Gasteiger partial charge on any atom is -0.348 e. The lowest BCUT2D eigenvalue weighted by Crippen LogP contribution is -2.23. The summed E-state index contributed by atoms with van der Waals surface area (Å²) in [6, 6.07) is 16.4. The van der Waals surface area contributed by atoms with Crippen LogP contribution in [0.2, 0.25) is 0 Å². The topological polar surface area (TPSA) is 51.9 Å². The molecule has 0 aliphatic rings. The third kappa shape index (κ3) is 3.63. The molecule has 0 saturated heterocycles. The van der Waals surface area contributed by atoms with E-state index in [1.54, 1.807) is 0 Å². The number of benzene rings is 2. The van der Waals surface area contributed by atoms with Crippen LogP contribution in [0, 0.1) is 20.8 Å². The first-order chi connectivity index (χ1) is 14.5. The molecule has 0 unspecified atom stereocenters. The summed E-state index contributed by atoms with van der Waals surface area (Å²) in [7, 11) is 0. The smallest absolute Gasteiger partial charge is 0.251 e. The predicted octanol–water partition coefficient (Wildman–Crippen LogP) is 4.76. The first-order valence-electron chi connectivity index (χ1n) is 10.4. The van der Waals surface area contributed by atoms with Gasteiger partial charge in [-0.2, -0.15) is 5.10 Å². The van der Waals surface area contributed by atoms with Gasteiger partial charge in [0.05, 0.1) is 6.20 Å². The van der Waals surface area contributed by atoms with Crippen molar-refractivity contribution in [3.63, 3.8) is 0 Å². The molecule has 4 aromatic rings. The minimum atomic E-state index is -0.0617. The summed E-state index contributed by atoms with van der Waals surface area (Å²) >= 11 is 0. The van der Waals surface area contributed by atoms with Gasteiger partial charge in [-0.3, -0.25) is 9.48 Å². The van der Waals surface area contributed by atoms with E-state index in [4.69, 9.17) is 0 Å². The lowest BCUT2D eigenvalue weighted by molar-refractivity contribution is 0.0951. The van der Waals surface area contributed by atoms with Crippen molar-refractivity contribution in [2.24, 2.45) is 0 Å². The monoisotopic (exact) mass is 400 g/mol. The van der Waals surface area contributed by atoms with Gasteiger partial charge in [0.1, 0.15) is 0 Å². The molecule has 0 fully saturated rings. The van der Waals surface area contributed by atoms with Crippen molar-refractivity contribution in [1.82, 2.24) is 19.7 Å². The van der Waals surface area contributed by atoms with Crippen molar-refractivity contribution in [3.8, 4) is 0 Å². The highest BCUT2D eigenvalue weighted by atomic mass is 16.1.